The van der Waals surface area contributed by atoms with Crippen LogP contribution in [0.5, 0.6) is 5.75 Å². The van der Waals surface area contributed by atoms with Crippen molar-refractivity contribution < 1.29 is 9.47 Å². The van der Waals surface area contributed by atoms with E-state index in [0.717, 1.165) is 38.5 Å². The third-order valence-corrected chi connectivity index (χ3v) is 3.20. The predicted octanol–water partition coefficient (Wildman–Crippen LogP) is 3.14. The highest BCUT2D eigenvalue weighted by molar-refractivity contribution is 5.28. The van der Waals surface area contributed by atoms with Gasteiger partial charge in [-0.1, -0.05) is 26.0 Å². The van der Waals surface area contributed by atoms with Gasteiger partial charge in [-0.15, -0.1) is 0 Å². The molecule has 0 fully saturated rings. The zero-order valence-corrected chi connectivity index (χ0v) is 13.3. The molecule has 1 aromatic carbocycles. The van der Waals surface area contributed by atoms with Gasteiger partial charge in [0.2, 0.25) is 0 Å². The van der Waals surface area contributed by atoms with Crippen LogP contribution in [0.25, 0.3) is 0 Å². The predicted molar refractivity (Wildman–Crippen MR) is 84.4 cm³/mol. The van der Waals surface area contributed by atoms with Crippen LogP contribution >= 0.6 is 0 Å². The number of methoxy groups -OCH3 is 1. The summed E-state index contributed by atoms with van der Waals surface area (Å²) in [7, 11) is 1.71. The van der Waals surface area contributed by atoms with Crippen LogP contribution in [0.1, 0.15) is 26.3 Å². The molecule has 0 aliphatic carbocycles. The largest absolute Gasteiger partial charge is 0.497 e. The van der Waals surface area contributed by atoms with Crippen LogP contribution in [0.2, 0.25) is 0 Å². The normalized spacial score (nSPS) is 12.7. The van der Waals surface area contributed by atoms with Gasteiger partial charge in [0.1, 0.15) is 5.75 Å². The van der Waals surface area contributed by atoms with E-state index in [4.69, 9.17) is 9.47 Å². The fourth-order valence-corrected chi connectivity index (χ4v) is 2.18. The van der Waals surface area contributed by atoms with Crippen molar-refractivity contribution in [3.8, 4) is 5.75 Å². The molecular weight excluding hydrogens is 250 g/mol. The number of nitrogens with one attached hydrogen (secondary N) is 1. The number of hydrogen-bond acceptors (Lipinski definition) is 3. The standard InChI is InChI=1S/C17H29NO2/c1-5-20-13-16(12-18-11-14(2)3)9-15-7-6-8-17(10-15)19-4/h6-8,10,14,16,18H,5,9,11-13H2,1-4H3. The van der Waals surface area contributed by atoms with Crippen LogP contribution in [0, 0.1) is 11.8 Å². The third kappa shape index (κ3) is 6.92. The highest BCUT2D eigenvalue weighted by Gasteiger charge is 2.10. The Morgan fingerprint density at radius 2 is 2.00 bits per heavy atom. The second-order valence-electron chi connectivity index (χ2n) is 5.63. The molecule has 0 aliphatic heterocycles. The smallest absolute Gasteiger partial charge is 0.119 e. The van der Waals surface area contributed by atoms with Crippen molar-refractivity contribution in [3.63, 3.8) is 0 Å². The molecule has 0 saturated heterocycles. The van der Waals surface area contributed by atoms with E-state index in [0.29, 0.717) is 11.8 Å². The molecule has 0 spiro atoms. The fraction of sp³-hybridized carbons (Fsp3) is 0.647. The van der Waals surface area contributed by atoms with Gasteiger partial charge in [-0.3, -0.25) is 0 Å². The van der Waals surface area contributed by atoms with Crippen LogP contribution in [0.4, 0.5) is 0 Å². The van der Waals surface area contributed by atoms with Crippen molar-refractivity contribution in [2.45, 2.75) is 27.2 Å². The molecule has 0 bridgehead atoms. The molecule has 0 heterocycles. The highest BCUT2D eigenvalue weighted by Crippen LogP contribution is 2.16. The average molecular weight is 279 g/mol. The fourth-order valence-electron chi connectivity index (χ4n) is 2.18. The molecule has 1 N–H and O–H groups in total. The Balaban J connectivity index is 2.53. The molecule has 1 rings (SSSR count). The van der Waals surface area contributed by atoms with Gasteiger partial charge in [0, 0.05) is 13.2 Å². The Hall–Kier alpha value is -1.06. The van der Waals surface area contributed by atoms with E-state index < -0.39 is 0 Å². The number of benzene rings is 1. The van der Waals surface area contributed by atoms with Gasteiger partial charge in [0.05, 0.1) is 13.7 Å². The lowest BCUT2D eigenvalue weighted by Gasteiger charge is -2.19. The lowest BCUT2D eigenvalue weighted by Crippen LogP contribution is -2.30. The molecule has 1 atom stereocenters. The highest BCUT2D eigenvalue weighted by atomic mass is 16.5. The van der Waals surface area contributed by atoms with Crippen molar-refractivity contribution in [3.05, 3.63) is 29.8 Å². The Morgan fingerprint density at radius 3 is 2.65 bits per heavy atom. The summed E-state index contributed by atoms with van der Waals surface area (Å²) < 4.78 is 10.9. The molecule has 0 aliphatic rings. The molecule has 114 valence electrons. The summed E-state index contributed by atoms with van der Waals surface area (Å²) in [5, 5.41) is 3.53. The summed E-state index contributed by atoms with van der Waals surface area (Å²) in [6.07, 6.45) is 1.02. The quantitative estimate of drug-likeness (QED) is 0.714. The van der Waals surface area contributed by atoms with Gasteiger partial charge >= 0.3 is 0 Å². The monoisotopic (exact) mass is 279 g/mol. The molecule has 0 radical (unpaired) electrons. The summed E-state index contributed by atoms with van der Waals surface area (Å²) in [6.45, 7) is 10.1. The molecule has 20 heavy (non-hydrogen) atoms. The van der Waals surface area contributed by atoms with Gasteiger partial charge in [0.15, 0.2) is 0 Å². The minimum atomic E-state index is 0.501. The minimum Gasteiger partial charge on any atom is -0.497 e. The zero-order chi connectivity index (χ0) is 14.8. The molecular formula is C17H29NO2. The van der Waals surface area contributed by atoms with E-state index in [1.54, 1.807) is 7.11 Å². The van der Waals surface area contributed by atoms with Crippen LogP contribution in [-0.2, 0) is 11.2 Å². The SMILES string of the molecule is CCOCC(CNCC(C)C)Cc1cccc(OC)c1. The number of hydrogen-bond donors (Lipinski definition) is 1. The molecule has 1 aromatic rings. The van der Waals surface area contributed by atoms with Crippen molar-refractivity contribution in [1.82, 2.24) is 5.32 Å². The first-order valence-electron chi connectivity index (χ1n) is 7.57. The van der Waals surface area contributed by atoms with Gasteiger partial charge < -0.3 is 14.8 Å². The molecule has 0 aromatic heterocycles. The second-order valence-corrected chi connectivity index (χ2v) is 5.63. The maximum atomic E-state index is 5.61. The average Bonchev–Trinajstić information content (AvgIpc) is 2.44. The van der Waals surface area contributed by atoms with Crippen LogP contribution in [0.15, 0.2) is 24.3 Å². The zero-order valence-electron chi connectivity index (χ0n) is 13.3. The van der Waals surface area contributed by atoms with E-state index in [9.17, 15) is 0 Å². The molecule has 0 saturated carbocycles. The van der Waals surface area contributed by atoms with Gasteiger partial charge in [-0.05, 0) is 49.4 Å². The number of rotatable bonds is 10. The second kappa shape index (κ2) is 9.78. The Kier molecular flexibility index (Phi) is 8.31. The van der Waals surface area contributed by atoms with E-state index in [1.807, 2.05) is 19.1 Å². The summed E-state index contributed by atoms with van der Waals surface area (Å²) in [5.41, 5.74) is 1.31. The lowest BCUT2D eigenvalue weighted by molar-refractivity contribution is 0.109. The van der Waals surface area contributed by atoms with Crippen molar-refractivity contribution >= 4 is 0 Å². The Morgan fingerprint density at radius 1 is 1.20 bits per heavy atom. The summed E-state index contributed by atoms with van der Waals surface area (Å²) in [4.78, 5) is 0. The molecule has 0 amide bonds. The maximum absolute atomic E-state index is 5.61. The summed E-state index contributed by atoms with van der Waals surface area (Å²) >= 11 is 0. The molecule has 1 unspecified atom stereocenters. The first-order chi connectivity index (χ1) is 9.65. The Bertz CT molecular complexity index is 366. The number of ether oxygens (including phenoxy) is 2. The Labute approximate surface area is 123 Å². The van der Waals surface area contributed by atoms with E-state index in [1.165, 1.54) is 5.56 Å². The van der Waals surface area contributed by atoms with Crippen LogP contribution < -0.4 is 10.1 Å². The van der Waals surface area contributed by atoms with Crippen molar-refractivity contribution in [2.24, 2.45) is 11.8 Å². The van der Waals surface area contributed by atoms with Gasteiger partial charge in [-0.25, -0.2) is 0 Å². The molecule has 3 heteroatoms. The van der Waals surface area contributed by atoms with Crippen molar-refractivity contribution in [1.29, 1.82) is 0 Å². The van der Waals surface area contributed by atoms with Crippen molar-refractivity contribution in [2.75, 3.05) is 33.4 Å². The third-order valence-electron chi connectivity index (χ3n) is 3.20. The summed E-state index contributed by atoms with van der Waals surface area (Å²) in [6, 6.07) is 8.30. The first-order valence-corrected chi connectivity index (χ1v) is 7.57. The van der Waals surface area contributed by atoms with Crippen LogP contribution in [-0.4, -0.2) is 33.4 Å². The van der Waals surface area contributed by atoms with E-state index in [-0.39, 0.29) is 0 Å². The molecule has 3 nitrogen and oxygen atoms in total. The summed E-state index contributed by atoms with van der Waals surface area (Å²) in [5.74, 6) is 2.10. The lowest BCUT2D eigenvalue weighted by atomic mass is 9.99. The van der Waals surface area contributed by atoms with E-state index >= 15 is 0 Å². The van der Waals surface area contributed by atoms with Crippen LogP contribution in [0.3, 0.4) is 0 Å². The minimum absolute atomic E-state index is 0.501. The first kappa shape index (κ1) is 17.0. The van der Waals surface area contributed by atoms with Gasteiger partial charge in [0.25, 0.3) is 0 Å². The van der Waals surface area contributed by atoms with E-state index in [2.05, 4.69) is 31.3 Å². The maximum Gasteiger partial charge on any atom is 0.119 e. The topological polar surface area (TPSA) is 30.5 Å². The van der Waals surface area contributed by atoms with Gasteiger partial charge in [-0.2, -0.15) is 0 Å².